The molecule has 0 aromatic heterocycles. The van der Waals surface area contributed by atoms with E-state index in [2.05, 4.69) is 118 Å². The Balaban J connectivity index is 4.37. The minimum atomic E-state index is -0.800. The second-order valence-electron chi connectivity index (χ2n) is 16.7. The summed E-state index contributed by atoms with van der Waals surface area (Å²) in [6, 6.07) is 0. The molecule has 6 heteroatoms. The molecule has 0 aromatic carbocycles. The van der Waals surface area contributed by atoms with Crippen molar-refractivity contribution in [3.05, 3.63) is 97.2 Å². The van der Waals surface area contributed by atoms with E-state index in [0.29, 0.717) is 19.3 Å². The topological polar surface area (TPSA) is 78.9 Å². The first-order valence-corrected chi connectivity index (χ1v) is 25.7. The number of esters is 3. The number of hydrogen-bond acceptors (Lipinski definition) is 6. The molecule has 0 aliphatic carbocycles. The number of ether oxygens (including phenoxy) is 3. The molecule has 0 rings (SSSR count). The summed E-state index contributed by atoms with van der Waals surface area (Å²) in [5.41, 5.74) is 0. The highest BCUT2D eigenvalue weighted by molar-refractivity contribution is 5.71. The zero-order valence-corrected chi connectivity index (χ0v) is 40.8. The maximum absolute atomic E-state index is 12.8. The Bertz CT molecular complexity index is 1280. The number of carbonyl (C=O) groups is 3. The van der Waals surface area contributed by atoms with Crippen LogP contribution in [0.2, 0.25) is 0 Å². The molecular weight excluding hydrogens is 781 g/mol. The van der Waals surface area contributed by atoms with Gasteiger partial charge in [0.25, 0.3) is 0 Å². The Morgan fingerprint density at radius 2 is 0.619 bits per heavy atom. The van der Waals surface area contributed by atoms with Gasteiger partial charge in [0, 0.05) is 19.3 Å². The first-order chi connectivity index (χ1) is 31.0. The molecule has 0 saturated heterocycles. The van der Waals surface area contributed by atoms with Gasteiger partial charge >= 0.3 is 17.9 Å². The summed E-state index contributed by atoms with van der Waals surface area (Å²) in [7, 11) is 0. The van der Waals surface area contributed by atoms with Crippen LogP contribution < -0.4 is 0 Å². The van der Waals surface area contributed by atoms with Crippen LogP contribution in [0.1, 0.15) is 226 Å². The summed E-state index contributed by atoms with van der Waals surface area (Å²) < 4.78 is 16.7. The summed E-state index contributed by atoms with van der Waals surface area (Å²) in [5, 5.41) is 0. The monoisotopic (exact) mass is 875 g/mol. The third-order valence-electron chi connectivity index (χ3n) is 10.6. The fourth-order valence-corrected chi connectivity index (χ4v) is 6.78. The van der Waals surface area contributed by atoms with Gasteiger partial charge in [-0.1, -0.05) is 208 Å². The largest absolute Gasteiger partial charge is 0.462 e. The predicted molar refractivity (Wildman–Crippen MR) is 270 cm³/mol. The molecule has 0 heterocycles. The van der Waals surface area contributed by atoms with Gasteiger partial charge in [-0.25, -0.2) is 0 Å². The normalized spacial score (nSPS) is 12.9. The van der Waals surface area contributed by atoms with Crippen LogP contribution in [0.15, 0.2) is 97.2 Å². The Hall–Kier alpha value is -3.67. The summed E-state index contributed by atoms with van der Waals surface area (Å²) in [5.74, 6) is -0.953. The number of carbonyl (C=O) groups excluding carboxylic acids is 3. The fraction of sp³-hybridized carbons (Fsp3) is 0.667. The van der Waals surface area contributed by atoms with E-state index in [9.17, 15) is 14.4 Å². The molecule has 0 aromatic rings. The summed E-state index contributed by atoms with van der Waals surface area (Å²) >= 11 is 0. The Morgan fingerprint density at radius 1 is 0.333 bits per heavy atom. The Morgan fingerprint density at radius 3 is 1.00 bits per heavy atom. The first kappa shape index (κ1) is 59.3. The van der Waals surface area contributed by atoms with Crippen molar-refractivity contribution in [2.45, 2.75) is 232 Å². The number of allylic oxidation sites excluding steroid dienone is 16. The number of hydrogen-bond donors (Lipinski definition) is 0. The van der Waals surface area contributed by atoms with Crippen LogP contribution in [0.3, 0.4) is 0 Å². The molecule has 0 saturated carbocycles. The van der Waals surface area contributed by atoms with Crippen molar-refractivity contribution in [3.8, 4) is 0 Å². The van der Waals surface area contributed by atoms with Gasteiger partial charge < -0.3 is 14.2 Å². The molecule has 0 fully saturated rings. The average Bonchev–Trinajstić information content (AvgIpc) is 3.28. The molecule has 0 amide bonds. The van der Waals surface area contributed by atoms with Gasteiger partial charge in [-0.3, -0.25) is 14.4 Å². The highest BCUT2D eigenvalue weighted by Gasteiger charge is 2.19. The lowest BCUT2D eigenvalue weighted by Gasteiger charge is -2.18. The van der Waals surface area contributed by atoms with E-state index >= 15 is 0 Å². The van der Waals surface area contributed by atoms with Crippen molar-refractivity contribution in [1.29, 1.82) is 0 Å². The van der Waals surface area contributed by atoms with E-state index in [1.54, 1.807) is 0 Å². The lowest BCUT2D eigenvalue weighted by molar-refractivity contribution is -0.167. The summed E-state index contributed by atoms with van der Waals surface area (Å²) in [6.45, 7) is 6.34. The second kappa shape index (κ2) is 51.0. The molecule has 0 aliphatic rings. The van der Waals surface area contributed by atoms with E-state index in [4.69, 9.17) is 14.2 Å². The van der Waals surface area contributed by atoms with E-state index in [0.717, 1.165) is 109 Å². The van der Waals surface area contributed by atoms with Crippen molar-refractivity contribution in [1.82, 2.24) is 0 Å². The molecule has 0 aliphatic heterocycles. The van der Waals surface area contributed by atoms with Crippen LogP contribution >= 0.6 is 0 Å². The summed E-state index contributed by atoms with van der Waals surface area (Å²) in [4.78, 5) is 37.9. The molecule has 0 N–H and O–H groups in total. The molecule has 1 atom stereocenters. The van der Waals surface area contributed by atoms with Crippen LogP contribution in [0.4, 0.5) is 0 Å². The van der Waals surface area contributed by atoms with Crippen LogP contribution in [-0.2, 0) is 28.6 Å². The average molecular weight is 875 g/mol. The maximum Gasteiger partial charge on any atom is 0.306 e. The van der Waals surface area contributed by atoms with Crippen LogP contribution in [0, 0.1) is 0 Å². The van der Waals surface area contributed by atoms with Gasteiger partial charge in [-0.15, -0.1) is 0 Å². The van der Waals surface area contributed by atoms with Gasteiger partial charge in [0.15, 0.2) is 6.10 Å². The lowest BCUT2D eigenvalue weighted by atomic mass is 10.1. The van der Waals surface area contributed by atoms with Crippen LogP contribution in [0.25, 0.3) is 0 Å². The molecule has 6 nitrogen and oxygen atoms in total. The standard InChI is InChI=1S/C57H94O6/c1-4-7-10-13-16-19-21-23-25-26-27-28-29-30-32-33-35-38-41-44-47-50-56(59)62-53-54(52-61-55(58)49-46-43-40-37-18-15-12-9-6-3)63-57(60)51-48-45-42-39-36-34-31-24-22-20-17-14-11-8-5-2/h7-8,10-11,16-17,19-20,23-25,27-28,31,36,39,54H,4-6,9,12-15,18,21-22,26,29-30,32-35,37-38,40-53H2,1-3H3/b10-7-,11-8-,19-16-,20-17-,25-23-,28-27-,31-24-,39-36-. The molecule has 0 spiro atoms. The van der Waals surface area contributed by atoms with Crippen LogP contribution in [-0.4, -0.2) is 37.2 Å². The molecule has 1 unspecified atom stereocenters. The zero-order valence-electron chi connectivity index (χ0n) is 40.8. The van der Waals surface area contributed by atoms with E-state index in [1.165, 1.54) is 70.6 Å². The number of rotatable bonds is 45. The third kappa shape index (κ3) is 49.2. The van der Waals surface area contributed by atoms with Gasteiger partial charge in [0.1, 0.15) is 13.2 Å². The Kier molecular flexibility index (Phi) is 48.0. The molecule has 358 valence electrons. The zero-order chi connectivity index (χ0) is 45.8. The first-order valence-electron chi connectivity index (χ1n) is 25.7. The Labute approximate surface area is 387 Å². The SMILES string of the molecule is CC/C=C\C/C=C\C/C=C\C/C=C\CCCCCCCCCCC(=O)OCC(COC(=O)CCCCCCCCCCC)OC(=O)CCCC/C=C\C/C=C\C/C=C\C/C=C\CC. The van der Waals surface area contributed by atoms with Gasteiger partial charge in [0.05, 0.1) is 0 Å². The van der Waals surface area contributed by atoms with Crippen molar-refractivity contribution >= 4 is 17.9 Å². The lowest BCUT2D eigenvalue weighted by Crippen LogP contribution is -2.30. The van der Waals surface area contributed by atoms with Gasteiger partial charge in [0.2, 0.25) is 0 Å². The molecule has 63 heavy (non-hydrogen) atoms. The third-order valence-corrected chi connectivity index (χ3v) is 10.6. The van der Waals surface area contributed by atoms with E-state index in [1.807, 2.05) is 0 Å². The van der Waals surface area contributed by atoms with E-state index < -0.39 is 6.10 Å². The van der Waals surface area contributed by atoms with Crippen molar-refractivity contribution in [2.75, 3.05) is 13.2 Å². The minimum absolute atomic E-state index is 0.0966. The number of unbranched alkanes of at least 4 members (excludes halogenated alkanes) is 18. The van der Waals surface area contributed by atoms with Crippen LogP contribution in [0.5, 0.6) is 0 Å². The summed E-state index contributed by atoms with van der Waals surface area (Å²) in [6.07, 6.45) is 66.8. The highest BCUT2D eigenvalue weighted by Crippen LogP contribution is 2.14. The minimum Gasteiger partial charge on any atom is -0.462 e. The predicted octanol–water partition coefficient (Wildman–Crippen LogP) is 17.0. The van der Waals surface area contributed by atoms with E-state index in [-0.39, 0.29) is 37.5 Å². The molecule has 0 bridgehead atoms. The smallest absolute Gasteiger partial charge is 0.306 e. The highest BCUT2D eigenvalue weighted by atomic mass is 16.6. The molecular formula is C57H94O6. The molecule has 0 radical (unpaired) electrons. The van der Waals surface area contributed by atoms with Gasteiger partial charge in [-0.05, 0) is 96.3 Å². The second-order valence-corrected chi connectivity index (χ2v) is 16.7. The quantitative estimate of drug-likeness (QED) is 0.0262. The van der Waals surface area contributed by atoms with Gasteiger partial charge in [-0.2, -0.15) is 0 Å². The van der Waals surface area contributed by atoms with Crippen molar-refractivity contribution in [2.24, 2.45) is 0 Å². The van der Waals surface area contributed by atoms with Crippen molar-refractivity contribution < 1.29 is 28.6 Å². The fourth-order valence-electron chi connectivity index (χ4n) is 6.78. The maximum atomic E-state index is 12.8. The van der Waals surface area contributed by atoms with Crippen molar-refractivity contribution in [3.63, 3.8) is 0 Å².